The Morgan fingerprint density at radius 3 is 2.09 bits per heavy atom. The highest BCUT2D eigenvalue weighted by molar-refractivity contribution is 5.83. The molecule has 0 aliphatic rings. The number of esters is 1. The van der Waals surface area contributed by atoms with Crippen molar-refractivity contribution in [2.45, 2.75) is 11.7 Å². The van der Waals surface area contributed by atoms with Gasteiger partial charge in [-0.2, -0.15) is 5.26 Å². The first-order chi connectivity index (χ1) is 10.5. The summed E-state index contributed by atoms with van der Waals surface area (Å²) in [5, 5.41) is 18.6. The zero-order valence-corrected chi connectivity index (χ0v) is 12.5. The van der Waals surface area contributed by atoms with Gasteiger partial charge in [-0.05, 0) is 5.56 Å². The van der Waals surface area contributed by atoms with E-state index in [2.05, 4.69) is 4.74 Å². The first-order valence-corrected chi connectivity index (χ1v) is 6.34. The summed E-state index contributed by atoms with van der Waals surface area (Å²) < 4.78 is 15.0. The minimum atomic E-state index is -2.05. The van der Waals surface area contributed by atoms with Gasteiger partial charge in [-0.3, -0.25) is 4.79 Å². The average Bonchev–Trinajstić information content (AvgIpc) is 2.55. The molecule has 0 radical (unpaired) electrons. The Morgan fingerprint density at radius 1 is 1.18 bits per heavy atom. The molecule has 22 heavy (non-hydrogen) atoms. The molecule has 0 saturated heterocycles. The smallest absolute Gasteiger partial charge is 0.367 e. The Hall–Kier alpha value is -2.43. The lowest BCUT2D eigenvalue weighted by Crippen LogP contribution is -2.52. The molecule has 0 unspecified atom stereocenters. The van der Waals surface area contributed by atoms with Crippen LogP contribution in [0.2, 0.25) is 0 Å². The second-order valence-electron chi connectivity index (χ2n) is 4.40. The van der Waals surface area contributed by atoms with E-state index in [1.165, 1.54) is 14.2 Å². The van der Waals surface area contributed by atoms with Gasteiger partial charge in [-0.15, -0.1) is 0 Å². The number of hydrogen-bond acceptors (Lipinski definition) is 6. The number of benzene rings is 1. The van der Waals surface area contributed by atoms with Gasteiger partial charge < -0.3 is 19.3 Å². The fraction of sp³-hybridized carbons (Fsp3) is 0.400. The van der Waals surface area contributed by atoms with Gasteiger partial charge in [-0.1, -0.05) is 30.3 Å². The molecule has 0 bridgehead atoms. The molecule has 1 rings (SSSR count). The van der Waals surface area contributed by atoms with Crippen LogP contribution in [-0.2, 0) is 23.8 Å². The largest absolute Gasteiger partial charge is 0.480 e. The van der Waals surface area contributed by atoms with Crippen molar-refractivity contribution in [2.24, 2.45) is 5.92 Å². The van der Waals surface area contributed by atoms with Crippen LogP contribution in [0.3, 0.4) is 0 Å². The number of nitriles is 1. The first-order valence-electron chi connectivity index (χ1n) is 6.34. The number of carbonyl (C=O) groups excluding carboxylic acids is 1. The lowest BCUT2D eigenvalue weighted by molar-refractivity contribution is -0.240. The van der Waals surface area contributed by atoms with Gasteiger partial charge in [0.25, 0.3) is 5.79 Å². The maximum Gasteiger partial charge on any atom is 0.367 e. The van der Waals surface area contributed by atoms with Crippen molar-refractivity contribution in [3.63, 3.8) is 0 Å². The summed E-state index contributed by atoms with van der Waals surface area (Å²) >= 11 is 0. The molecule has 0 spiro atoms. The molecular formula is C15H17NO6. The molecule has 0 aliphatic carbocycles. The topological polar surface area (TPSA) is 106 Å². The minimum absolute atomic E-state index is 0.408. The first kappa shape index (κ1) is 17.6. The lowest BCUT2D eigenvalue weighted by Gasteiger charge is -2.36. The van der Waals surface area contributed by atoms with Crippen LogP contribution in [0.25, 0.3) is 0 Å². The van der Waals surface area contributed by atoms with Crippen molar-refractivity contribution in [2.75, 3.05) is 21.3 Å². The Balaban J connectivity index is 3.57. The number of hydrogen-bond donors (Lipinski definition) is 1. The molecule has 7 heteroatoms. The number of carboxylic acids is 1. The molecular weight excluding hydrogens is 290 g/mol. The van der Waals surface area contributed by atoms with Crippen LogP contribution in [-0.4, -0.2) is 44.2 Å². The van der Waals surface area contributed by atoms with Gasteiger partial charge >= 0.3 is 11.9 Å². The maximum atomic E-state index is 12.2. The molecule has 0 heterocycles. The summed E-state index contributed by atoms with van der Waals surface area (Å²) in [4.78, 5) is 23.6. The molecule has 1 N–H and O–H groups in total. The number of carboxylic acid groups (broad SMARTS) is 1. The van der Waals surface area contributed by atoms with Gasteiger partial charge in [0.2, 0.25) is 0 Å². The van der Waals surface area contributed by atoms with Gasteiger partial charge in [0, 0.05) is 14.2 Å². The van der Waals surface area contributed by atoms with E-state index in [4.69, 9.17) is 9.47 Å². The number of methoxy groups -OCH3 is 3. The van der Waals surface area contributed by atoms with Gasteiger partial charge in [0.15, 0.2) is 5.92 Å². The van der Waals surface area contributed by atoms with Crippen molar-refractivity contribution in [1.29, 1.82) is 5.26 Å². The van der Waals surface area contributed by atoms with Crippen molar-refractivity contribution < 1.29 is 28.9 Å². The third-order valence-electron chi connectivity index (χ3n) is 3.38. The average molecular weight is 307 g/mol. The van der Waals surface area contributed by atoms with E-state index in [-0.39, 0.29) is 0 Å². The lowest BCUT2D eigenvalue weighted by atomic mass is 9.80. The zero-order valence-electron chi connectivity index (χ0n) is 12.5. The molecule has 0 aromatic heterocycles. The summed E-state index contributed by atoms with van der Waals surface area (Å²) in [5.41, 5.74) is 0.408. The van der Waals surface area contributed by atoms with E-state index in [0.29, 0.717) is 5.56 Å². The van der Waals surface area contributed by atoms with Crippen LogP contribution in [0, 0.1) is 17.2 Å². The van der Waals surface area contributed by atoms with Crippen LogP contribution in [0.5, 0.6) is 0 Å². The third kappa shape index (κ3) is 3.08. The Morgan fingerprint density at radius 2 is 1.73 bits per heavy atom. The van der Waals surface area contributed by atoms with Crippen LogP contribution < -0.4 is 0 Å². The summed E-state index contributed by atoms with van der Waals surface area (Å²) in [5.74, 6) is -7.14. The predicted octanol–water partition coefficient (Wildman–Crippen LogP) is 1.16. The van der Waals surface area contributed by atoms with Crippen molar-refractivity contribution in [3.05, 3.63) is 35.9 Å². The molecule has 0 aliphatic heterocycles. The number of carbonyl (C=O) groups is 2. The Labute approximate surface area is 128 Å². The molecule has 2 atom stereocenters. The molecule has 0 amide bonds. The van der Waals surface area contributed by atoms with E-state index in [0.717, 1.165) is 7.11 Å². The number of nitrogens with zero attached hydrogens (tertiary/aromatic N) is 1. The van der Waals surface area contributed by atoms with E-state index in [1.807, 2.05) is 0 Å². The highest BCUT2D eigenvalue weighted by Gasteiger charge is 2.54. The summed E-state index contributed by atoms with van der Waals surface area (Å²) in [6, 6.07) is 9.91. The fourth-order valence-corrected chi connectivity index (χ4v) is 2.34. The van der Waals surface area contributed by atoms with E-state index in [1.54, 1.807) is 36.4 Å². The van der Waals surface area contributed by atoms with Crippen LogP contribution in [0.1, 0.15) is 11.5 Å². The number of aliphatic carboxylic acids is 1. The van der Waals surface area contributed by atoms with Crippen LogP contribution in [0.4, 0.5) is 0 Å². The molecule has 0 saturated carbocycles. The van der Waals surface area contributed by atoms with Crippen LogP contribution >= 0.6 is 0 Å². The summed E-state index contributed by atoms with van der Waals surface area (Å²) in [7, 11) is 3.50. The van der Waals surface area contributed by atoms with Gasteiger partial charge in [-0.25, -0.2) is 4.79 Å². The van der Waals surface area contributed by atoms with E-state index in [9.17, 15) is 20.0 Å². The van der Waals surface area contributed by atoms with E-state index < -0.39 is 29.6 Å². The Kier molecular flexibility index (Phi) is 6.04. The molecule has 7 nitrogen and oxygen atoms in total. The molecule has 1 aromatic rings. The van der Waals surface area contributed by atoms with Crippen molar-refractivity contribution >= 4 is 11.9 Å². The molecule has 0 fully saturated rings. The van der Waals surface area contributed by atoms with Gasteiger partial charge in [0.05, 0.1) is 19.1 Å². The van der Waals surface area contributed by atoms with Crippen molar-refractivity contribution in [3.8, 4) is 6.07 Å². The standard InChI is InChI=1S/C15H17NO6/c1-20-14(19)15(21-2,22-3)12(11(9-16)13(17)18)10-7-5-4-6-8-10/h4-8,11-12H,1-3H3,(H,17,18)/t11-,12+/m1/s1. The summed E-state index contributed by atoms with van der Waals surface area (Å²) in [6.45, 7) is 0. The maximum absolute atomic E-state index is 12.2. The molecule has 1 aromatic carbocycles. The predicted molar refractivity (Wildman–Crippen MR) is 74.7 cm³/mol. The minimum Gasteiger partial charge on any atom is -0.480 e. The number of rotatable bonds is 7. The fourth-order valence-electron chi connectivity index (χ4n) is 2.34. The second-order valence-corrected chi connectivity index (χ2v) is 4.40. The van der Waals surface area contributed by atoms with Crippen molar-refractivity contribution in [1.82, 2.24) is 0 Å². The van der Waals surface area contributed by atoms with Gasteiger partial charge in [0.1, 0.15) is 0 Å². The molecule has 118 valence electrons. The zero-order chi connectivity index (χ0) is 16.8. The summed E-state index contributed by atoms with van der Waals surface area (Å²) in [6.07, 6.45) is 0. The normalized spacial score (nSPS) is 13.7. The second kappa shape index (κ2) is 7.54. The quantitative estimate of drug-likeness (QED) is 0.595. The van der Waals surface area contributed by atoms with Crippen LogP contribution in [0.15, 0.2) is 30.3 Å². The SMILES string of the molecule is COC(=O)C(OC)(OC)[C@@H](c1ccccc1)[C@@H](C#N)C(=O)O. The highest BCUT2D eigenvalue weighted by Crippen LogP contribution is 2.39. The monoisotopic (exact) mass is 307 g/mol. The van der Waals surface area contributed by atoms with E-state index >= 15 is 0 Å². The third-order valence-corrected chi connectivity index (χ3v) is 3.38. The highest BCUT2D eigenvalue weighted by atomic mass is 16.7. The Bertz CT molecular complexity index is 561. The number of ether oxygens (including phenoxy) is 3.